The molecule has 0 saturated carbocycles. The Morgan fingerprint density at radius 2 is 2.07 bits per heavy atom. The smallest absolute Gasteiger partial charge is 0.218 e. The van der Waals surface area contributed by atoms with Crippen molar-refractivity contribution in [2.75, 3.05) is 40.0 Å². The van der Waals surface area contributed by atoms with Crippen molar-refractivity contribution in [3.05, 3.63) is 23.9 Å². The molecule has 1 heterocycles. The first-order chi connectivity index (χ1) is 12.7. The fourth-order valence-electron chi connectivity index (χ4n) is 2.58. The zero-order valence-corrected chi connectivity index (χ0v) is 19.1. The zero-order valence-electron chi connectivity index (χ0n) is 16.7. The zero-order chi connectivity index (χ0) is 19.0. The van der Waals surface area contributed by atoms with Crippen LogP contribution in [0.5, 0.6) is 5.88 Å². The molecule has 3 N–H and O–H groups in total. The summed E-state index contributed by atoms with van der Waals surface area (Å²) in [6.45, 7) is 7.46. The normalized spacial score (nSPS) is 12.2. The second kappa shape index (κ2) is 17.0. The van der Waals surface area contributed by atoms with E-state index in [2.05, 4.69) is 27.5 Å². The highest BCUT2D eigenvalue weighted by Gasteiger charge is 2.09. The second-order valence-corrected chi connectivity index (χ2v) is 6.05. The monoisotopic (exact) mass is 494 g/mol. The van der Waals surface area contributed by atoms with E-state index in [1.807, 2.05) is 19.1 Å². The van der Waals surface area contributed by atoms with Crippen LogP contribution in [0.15, 0.2) is 23.3 Å². The van der Waals surface area contributed by atoms with Gasteiger partial charge in [-0.2, -0.15) is 0 Å². The molecule has 0 bridgehead atoms. The van der Waals surface area contributed by atoms with E-state index >= 15 is 0 Å². The highest BCUT2D eigenvalue weighted by Crippen LogP contribution is 2.15. The molecule has 156 valence electrons. The van der Waals surface area contributed by atoms with Gasteiger partial charge >= 0.3 is 0 Å². The van der Waals surface area contributed by atoms with Gasteiger partial charge < -0.3 is 25.2 Å². The molecule has 0 radical (unpaired) electrons. The van der Waals surface area contributed by atoms with Crippen LogP contribution in [0.4, 0.5) is 0 Å². The van der Waals surface area contributed by atoms with Crippen LogP contribution in [-0.4, -0.2) is 56.1 Å². The third kappa shape index (κ3) is 11.3. The third-order valence-corrected chi connectivity index (χ3v) is 3.92. The van der Waals surface area contributed by atoms with Gasteiger partial charge in [-0.1, -0.05) is 19.4 Å². The lowest BCUT2D eigenvalue weighted by Gasteiger charge is -2.18. The van der Waals surface area contributed by atoms with E-state index in [1.165, 1.54) is 0 Å². The number of halogens is 1. The predicted octanol–water partition coefficient (Wildman–Crippen LogP) is 2.58. The van der Waals surface area contributed by atoms with Crippen molar-refractivity contribution in [3.63, 3.8) is 0 Å². The lowest BCUT2D eigenvalue weighted by atomic mass is 10.0. The minimum Gasteiger partial charge on any atom is -0.475 e. The van der Waals surface area contributed by atoms with Gasteiger partial charge in [0.15, 0.2) is 5.96 Å². The fraction of sp³-hybridized carbons (Fsp3) is 0.684. The summed E-state index contributed by atoms with van der Waals surface area (Å²) in [6, 6.07) is 3.85. The van der Waals surface area contributed by atoms with E-state index in [4.69, 9.17) is 9.47 Å². The number of ether oxygens (including phenoxy) is 2. The standard InChI is InChI=1S/C19H34N4O3.HI/c1-4-7-16(9-11-24)14-22-19(20-5-2)23-15-17-8-6-10-21-18(17)26-13-12-25-3;/h6,8,10,16,24H,4-5,7,9,11-15H2,1-3H3,(H2,20,22,23);1H. The summed E-state index contributed by atoms with van der Waals surface area (Å²) in [6.07, 6.45) is 4.72. The molecule has 1 aromatic heterocycles. The number of aliphatic hydroxyl groups excluding tert-OH is 1. The minimum atomic E-state index is 0. The first-order valence-corrected chi connectivity index (χ1v) is 9.43. The van der Waals surface area contributed by atoms with Crippen LogP contribution in [-0.2, 0) is 11.3 Å². The van der Waals surface area contributed by atoms with E-state index < -0.39 is 0 Å². The molecule has 0 aliphatic rings. The van der Waals surface area contributed by atoms with Crippen LogP contribution in [0.2, 0.25) is 0 Å². The summed E-state index contributed by atoms with van der Waals surface area (Å²) in [4.78, 5) is 8.93. The number of hydrogen-bond acceptors (Lipinski definition) is 5. The molecule has 0 aliphatic carbocycles. The summed E-state index contributed by atoms with van der Waals surface area (Å²) in [5, 5.41) is 15.8. The number of methoxy groups -OCH3 is 1. The van der Waals surface area contributed by atoms with Crippen molar-refractivity contribution >= 4 is 29.9 Å². The van der Waals surface area contributed by atoms with E-state index in [1.54, 1.807) is 13.3 Å². The van der Waals surface area contributed by atoms with Crippen LogP contribution in [0.25, 0.3) is 0 Å². The summed E-state index contributed by atoms with van der Waals surface area (Å²) >= 11 is 0. The largest absolute Gasteiger partial charge is 0.475 e. The molecule has 1 atom stereocenters. The lowest BCUT2D eigenvalue weighted by molar-refractivity contribution is 0.143. The third-order valence-electron chi connectivity index (χ3n) is 3.92. The fourth-order valence-corrected chi connectivity index (χ4v) is 2.58. The van der Waals surface area contributed by atoms with Gasteiger partial charge in [0.25, 0.3) is 0 Å². The van der Waals surface area contributed by atoms with Gasteiger partial charge in [0.05, 0.1) is 13.2 Å². The molecular formula is C19H35IN4O3. The molecular weight excluding hydrogens is 459 g/mol. The Kier molecular flexibility index (Phi) is 16.3. The maximum Gasteiger partial charge on any atom is 0.218 e. The molecule has 0 aromatic carbocycles. The highest BCUT2D eigenvalue weighted by molar-refractivity contribution is 14.0. The SMILES string of the molecule is CCCC(CCO)CNC(=NCc1cccnc1OCCOC)NCC.I. The number of guanidine groups is 1. The van der Waals surface area contributed by atoms with Crippen molar-refractivity contribution in [1.29, 1.82) is 0 Å². The van der Waals surface area contributed by atoms with Crippen molar-refractivity contribution in [1.82, 2.24) is 15.6 Å². The molecule has 27 heavy (non-hydrogen) atoms. The maximum absolute atomic E-state index is 9.20. The number of hydrogen-bond donors (Lipinski definition) is 3. The number of nitrogens with zero attached hydrogens (tertiary/aromatic N) is 2. The van der Waals surface area contributed by atoms with E-state index in [0.29, 0.717) is 31.6 Å². The summed E-state index contributed by atoms with van der Waals surface area (Å²) in [5.41, 5.74) is 0.932. The van der Waals surface area contributed by atoms with Gasteiger partial charge in [-0.25, -0.2) is 9.98 Å². The summed E-state index contributed by atoms with van der Waals surface area (Å²) in [7, 11) is 1.64. The molecule has 0 fully saturated rings. The van der Waals surface area contributed by atoms with Crippen molar-refractivity contribution in [3.8, 4) is 5.88 Å². The molecule has 0 aliphatic heterocycles. The summed E-state index contributed by atoms with van der Waals surface area (Å²) in [5.74, 6) is 1.80. The van der Waals surface area contributed by atoms with Gasteiger partial charge in [-0.3, -0.25) is 0 Å². The first kappa shape index (κ1) is 25.9. The number of aliphatic hydroxyl groups is 1. The number of nitrogens with one attached hydrogen (secondary N) is 2. The number of aromatic nitrogens is 1. The van der Waals surface area contributed by atoms with Gasteiger partial charge in [0, 0.05) is 38.6 Å². The second-order valence-electron chi connectivity index (χ2n) is 6.05. The molecule has 0 saturated heterocycles. The predicted molar refractivity (Wildman–Crippen MR) is 120 cm³/mol. The van der Waals surface area contributed by atoms with E-state index in [9.17, 15) is 5.11 Å². The lowest BCUT2D eigenvalue weighted by Crippen LogP contribution is -2.40. The molecule has 0 spiro atoms. The number of rotatable bonds is 13. The van der Waals surface area contributed by atoms with E-state index in [0.717, 1.165) is 43.9 Å². The topological polar surface area (TPSA) is 88.0 Å². The van der Waals surface area contributed by atoms with Gasteiger partial charge in [0.1, 0.15) is 6.61 Å². The van der Waals surface area contributed by atoms with Crippen LogP contribution in [0.3, 0.4) is 0 Å². The minimum absolute atomic E-state index is 0. The van der Waals surface area contributed by atoms with Crippen LogP contribution < -0.4 is 15.4 Å². The quantitative estimate of drug-likeness (QED) is 0.169. The molecule has 1 unspecified atom stereocenters. The average Bonchev–Trinajstić information content (AvgIpc) is 2.65. The highest BCUT2D eigenvalue weighted by atomic mass is 127. The Bertz CT molecular complexity index is 511. The summed E-state index contributed by atoms with van der Waals surface area (Å²) < 4.78 is 10.7. The van der Waals surface area contributed by atoms with Gasteiger partial charge in [-0.15, -0.1) is 24.0 Å². The Hall–Kier alpha value is -1.13. The van der Waals surface area contributed by atoms with Crippen LogP contribution >= 0.6 is 24.0 Å². The van der Waals surface area contributed by atoms with E-state index in [-0.39, 0.29) is 30.6 Å². The molecule has 8 heteroatoms. The number of aliphatic imine (C=N–C) groups is 1. The first-order valence-electron chi connectivity index (χ1n) is 9.43. The molecule has 1 rings (SSSR count). The molecule has 0 amide bonds. The van der Waals surface area contributed by atoms with Crippen LogP contribution in [0, 0.1) is 5.92 Å². The molecule has 7 nitrogen and oxygen atoms in total. The van der Waals surface area contributed by atoms with Crippen molar-refractivity contribution in [2.24, 2.45) is 10.9 Å². The Balaban J connectivity index is 0.00000676. The van der Waals surface area contributed by atoms with Crippen molar-refractivity contribution < 1.29 is 14.6 Å². The van der Waals surface area contributed by atoms with Crippen molar-refractivity contribution in [2.45, 2.75) is 39.7 Å². The maximum atomic E-state index is 9.20. The average molecular weight is 494 g/mol. The Morgan fingerprint density at radius 3 is 2.74 bits per heavy atom. The molecule has 1 aromatic rings. The number of pyridine rings is 1. The van der Waals surface area contributed by atoms with Crippen LogP contribution in [0.1, 0.15) is 38.7 Å². The Labute approximate surface area is 180 Å². The Morgan fingerprint density at radius 1 is 1.26 bits per heavy atom. The van der Waals surface area contributed by atoms with Gasteiger partial charge in [-0.05, 0) is 31.7 Å². The van der Waals surface area contributed by atoms with Gasteiger partial charge in [0.2, 0.25) is 5.88 Å².